The number of hydrogen-bond acceptors (Lipinski definition) is 4. The highest BCUT2D eigenvalue weighted by Gasteiger charge is 2.50. The molecule has 0 bridgehead atoms. The van der Waals surface area contributed by atoms with Gasteiger partial charge in [-0.15, -0.1) is 0 Å². The summed E-state index contributed by atoms with van der Waals surface area (Å²) in [7, 11) is -3.89. The molecule has 0 aliphatic carbocycles. The summed E-state index contributed by atoms with van der Waals surface area (Å²) in [5.74, 6) is -0.468. The molecular formula is C16H34O4Si2. The van der Waals surface area contributed by atoms with Gasteiger partial charge in [-0.05, 0) is 27.7 Å². The number of ether oxygens (including phenoxy) is 2. The molecule has 130 valence electrons. The topological polar surface area (TPSA) is 52.6 Å². The third-order valence-electron chi connectivity index (χ3n) is 3.41. The minimum absolute atomic E-state index is 0.172. The van der Waals surface area contributed by atoms with Gasteiger partial charge in [-0.2, -0.15) is 0 Å². The van der Waals surface area contributed by atoms with Gasteiger partial charge in [0.2, 0.25) is 0 Å². The number of esters is 2. The van der Waals surface area contributed by atoms with Crippen molar-refractivity contribution in [3.05, 3.63) is 0 Å². The molecule has 4 nitrogen and oxygen atoms in total. The van der Waals surface area contributed by atoms with Gasteiger partial charge in [0.25, 0.3) is 0 Å². The zero-order valence-corrected chi connectivity index (χ0v) is 17.9. The largest absolute Gasteiger partial charge is 0.463 e. The average Bonchev–Trinajstić information content (AvgIpc) is 2.19. The molecule has 0 aliphatic rings. The molecule has 0 aromatic rings. The maximum absolute atomic E-state index is 12.7. The van der Waals surface area contributed by atoms with Gasteiger partial charge >= 0.3 is 11.9 Å². The van der Waals surface area contributed by atoms with E-state index in [-0.39, 0.29) is 35.2 Å². The van der Waals surface area contributed by atoms with Crippen molar-refractivity contribution in [1.29, 1.82) is 0 Å². The molecule has 0 rings (SSSR count). The Kier molecular flexibility index (Phi) is 7.55. The van der Waals surface area contributed by atoms with Crippen LogP contribution in [0.15, 0.2) is 0 Å². The molecule has 0 aliphatic heterocycles. The standard InChI is InChI=1S/C16H34O4Si2/c1-11(2)19-15(17)13(21(5,6)7)14(22(8,9)10)16(18)20-12(3)4/h11-14H,1-10H3. The van der Waals surface area contributed by atoms with E-state index < -0.39 is 16.1 Å². The van der Waals surface area contributed by atoms with E-state index in [9.17, 15) is 9.59 Å². The molecule has 0 fully saturated rings. The molecule has 0 saturated heterocycles. The van der Waals surface area contributed by atoms with Gasteiger partial charge in [0.15, 0.2) is 0 Å². The van der Waals surface area contributed by atoms with Crippen LogP contribution < -0.4 is 0 Å². The quantitative estimate of drug-likeness (QED) is 0.509. The highest BCUT2D eigenvalue weighted by atomic mass is 28.3. The highest BCUT2D eigenvalue weighted by Crippen LogP contribution is 2.43. The van der Waals surface area contributed by atoms with Crippen LogP contribution in [0.5, 0.6) is 0 Å². The molecule has 0 N–H and O–H groups in total. The van der Waals surface area contributed by atoms with E-state index in [1.54, 1.807) is 0 Å². The van der Waals surface area contributed by atoms with Crippen LogP contribution in [0.2, 0.25) is 50.4 Å². The normalized spacial score (nSPS) is 15.6. The molecule has 0 radical (unpaired) electrons. The number of carbonyl (C=O) groups excluding carboxylic acids is 2. The second-order valence-corrected chi connectivity index (χ2v) is 19.4. The van der Waals surface area contributed by atoms with Gasteiger partial charge in [0, 0.05) is 0 Å². The monoisotopic (exact) mass is 346 g/mol. The summed E-state index contributed by atoms with van der Waals surface area (Å²) in [6, 6.07) is 0. The fraction of sp³-hybridized carbons (Fsp3) is 0.875. The van der Waals surface area contributed by atoms with Crippen molar-refractivity contribution in [2.24, 2.45) is 0 Å². The van der Waals surface area contributed by atoms with Gasteiger partial charge in [-0.25, -0.2) is 0 Å². The maximum Gasteiger partial charge on any atom is 0.306 e. The smallest absolute Gasteiger partial charge is 0.306 e. The molecular weight excluding hydrogens is 312 g/mol. The zero-order chi connectivity index (χ0) is 17.9. The van der Waals surface area contributed by atoms with E-state index in [1.807, 2.05) is 27.7 Å². The molecule has 6 heteroatoms. The van der Waals surface area contributed by atoms with E-state index in [1.165, 1.54) is 0 Å². The summed E-state index contributed by atoms with van der Waals surface area (Å²) in [5, 5.41) is 0. The van der Waals surface area contributed by atoms with Crippen LogP contribution in [0.1, 0.15) is 27.7 Å². The van der Waals surface area contributed by atoms with Crippen molar-refractivity contribution in [3.8, 4) is 0 Å². The first-order valence-electron chi connectivity index (χ1n) is 8.09. The Bertz CT molecular complexity index is 354. The molecule has 0 spiro atoms. The Morgan fingerprint density at radius 1 is 0.636 bits per heavy atom. The van der Waals surface area contributed by atoms with Crippen LogP contribution in [0.3, 0.4) is 0 Å². The molecule has 2 atom stereocenters. The zero-order valence-electron chi connectivity index (χ0n) is 15.9. The highest BCUT2D eigenvalue weighted by molar-refractivity contribution is 6.87. The van der Waals surface area contributed by atoms with E-state index in [0.29, 0.717) is 0 Å². The SMILES string of the molecule is CC(C)OC(=O)C(C(C(=O)OC(C)C)[Si](C)(C)C)[Si](C)(C)C. The predicted octanol–water partition coefficient (Wildman–Crippen LogP) is 4.31. The van der Waals surface area contributed by atoms with Crippen molar-refractivity contribution in [3.63, 3.8) is 0 Å². The summed E-state index contributed by atoms with van der Waals surface area (Å²) in [5.41, 5.74) is -0.708. The first kappa shape index (κ1) is 21.4. The minimum Gasteiger partial charge on any atom is -0.463 e. The van der Waals surface area contributed by atoms with Crippen molar-refractivity contribution in [1.82, 2.24) is 0 Å². The maximum atomic E-state index is 12.7. The number of carbonyl (C=O) groups is 2. The van der Waals surface area contributed by atoms with E-state index in [0.717, 1.165) is 0 Å². The first-order valence-corrected chi connectivity index (χ1v) is 15.2. The Hall–Kier alpha value is -0.626. The first-order chi connectivity index (χ1) is 9.67. The van der Waals surface area contributed by atoms with E-state index in [4.69, 9.17) is 9.47 Å². The van der Waals surface area contributed by atoms with Gasteiger partial charge in [0.1, 0.15) is 0 Å². The second-order valence-electron chi connectivity index (χ2n) is 8.66. The molecule has 2 unspecified atom stereocenters. The Labute approximate surface area is 138 Å². The molecule has 0 amide bonds. The predicted molar refractivity (Wildman–Crippen MR) is 96.6 cm³/mol. The Morgan fingerprint density at radius 3 is 1.00 bits per heavy atom. The van der Waals surface area contributed by atoms with Crippen molar-refractivity contribution < 1.29 is 19.1 Å². The summed E-state index contributed by atoms with van der Waals surface area (Å²) in [6.45, 7) is 20.1. The number of hydrogen-bond donors (Lipinski definition) is 0. The molecule has 0 aromatic carbocycles. The van der Waals surface area contributed by atoms with Gasteiger partial charge in [0.05, 0.1) is 39.4 Å². The van der Waals surface area contributed by atoms with Gasteiger partial charge in [-0.1, -0.05) is 39.3 Å². The van der Waals surface area contributed by atoms with Gasteiger partial charge < -0.3 is 9.47 Å². The summed E-state index contributed by atoms with van der Waals surface area (Å²) in [6.07, 6.45) is -0.343. The van der Waals surface area contributed by atoms with Crippen LogP contribution >= 0.6 is 0 Å². The Morgan fingerprint density at radius 2 is 0.864 bits per heavy atom. The lowest BCUT2D eigenvalue weighted by atomic mass is 10.3. The van der Waals surface area contributed by atoms with Crippen LogP contribution in [0.4, 0.5) is 0 Å². The van der Waals surface area contributed by atoms with Crippen molar-refractivity contribution >= 4 is 28.1 Å². The summed E-state index contributed by atoms with van der Waals surface area (Å²) >= 11 is 0. The van der Waals surface area contributed by atoms with Crippen molar-refractivity contribution in [2.75, 3.05) is 0 Å². The summed E-state index contributed by atoms with van der Waals surface area (Å²) in [4.78, 5) is 25.4. The molecule has 0 saturated carbocycles. The molecule has 0 heterocycles. The lowest BCUT2D eigenvalue weighted by Gasteiger charge is -2.39. The van der Waals surface area contributed by atoms with E-state index >= 15 is 0 Å². The third-order valence-corrected chi connectivity index (χ3v) is 8.61. The van der Waals surface area contributed by atoms with Crippen LogP contribution in [-0.4, -0.2) is 40.3 Å². The molecule has 22 heavy (non-hydrogen) atoms. The van der Waals surface area contributed by atoms with Crippen LogP contribution in [0, 0.1) is 0 Å². The Balaban J connectivity index is 5.77. The van der Waals surface area contributed by atoms with Crippen LogP contribution in [-0.2, 0) is 19.1 Å². The van der Waals surface area contributed by atoms with Crippen LogP contribution in [0.25, 0.3) is 0 Å². The fourth-order valence-corrected chi connectivity index (χ4v) is 9.41. The average molecular weight is 347 g/mol. The summed E-state index contributed by atoms with van der Waals surface area (Å²) < 4.78 is 11.0. The third kappa shape index (κ3) is 6.64. The van der Waals surface area contributed by atoms with Gasteiger partial charge in [-0.3, -0.25) is 9.59 Å². The molecule has 0 aromatic heterocycles. The van der Waals surface area contributed by atoms with E-state index in [2.05, 4.69) is 39.3 Å². The minimum atomic E-state index is -1.94. The fourth-order valence-electron chi connectivity index (χ4n) is 2.59. The lowest BCUT2D eigenvalue weighted by molar-refractivity contribution is -0.154. The lowest BCUT2D eigenvalue weighted by Crippen LogP contribution is -2.49. The second kappa shape index (κ2) is 7.77. The number of rotatable bonds is 7. The van der Waals surface area contributed by atoms with Crippen molar-refractivity contribution in [2.45, 2.75) is 90.3 Å².